The van der Waals surface area contributed by atoms with Gasteiger partial charge in [-0.2, -0.15) is 0 Å². The summed E-state index contributed by atoms with van der Waals surface area (Å²) in [5, 5.41) is 17.4. The normalized spacial score (nSPS) is 26.9. The van der Waals surface area contributed by atoms with E-state index in [9.17, 15) is 9.90 Å². The highest BCUT2D eigenvalue weighted by atomic mass is 16.4. The molecule has 1 heterocycles. The Morgan fingerprint density at radius 2 is 1.90 bits per heavy atom. The molecule has 1 N–H and O–H groups in total. The molecule has 112 valence electrons. The molecule has 2 atom stereocenters. The van der Waals surface area contributed by atoms with Crippen molar-refractivity contribution in [2.75, 3.05) is 0 Å². The van der Waals surface area contributed by atoms with Crippen molar-refractivity contribution in [2.24, 2.45) is 17.8 Å². The van der Waals surface area contributed by atoms with Crippen LogP contribution in [0.3, 0.4) is 0 Å². The first-order chi connectivity index (χ1) is 9.38. The molecular formula is C15H25N3O2. The highest BCUT2D eigenvalue weighted by Gasteiger charge is 2.30. The van der Waals surface area contributed by atoms with Gasteiger partial charge >= 0.3 is 5.97 Å². The molecule has 20 heavy (non-hydrogen) atoms. The average molecular weight is 279 g/mol. The third kappa shape index (κ3) is 3.19. The van der Waals surface area contributed by atoms with Gasteiger partial charge in [0.25, 0.3) is 0 Å². The molecule has 2 rings (SSSR count). The van der Waals surface area contributed by atoms with Crippen LogP contribution in [0.4, 0.5) is 0 Å². The monoisotopic (exact) mass is 279 g/mol. The Morgan fingerprint density at radius 1 is 1.30 bits per heavy atom. The summed E-state index contributed by atoms with van der Waals surface area (Å²) < 4.78 is 1.90. The smallest absolute Gasteiger partial charge is 0.358 e. The van der Waals surface area contributed by atoms with Crippen LogP contribution < -0.4 is 0 Å². The first-order valence-corrected chi connectivity index (χ1v) is 7.55. The van der Waals surface area contributed by atoms with Crippen molar-refractivity contribution in [3.05, 3.63) is 11.4 Å². The standard InChI is InChI=1S/C15H25N3O2/c1-9(2)5-13-14(15(19)20)16-17-18(13)12-7-10(3)6-11(4)8-12/h9-12H,5-8H2,1-4H3,(H,19,20). The highest BCUT2D eigenvalue weighted by Crippen LogP contribution is 2.36. The maximum absolute atomic E-state index is 11.3. The van der Waals surface area contributed by atoms with Gasteiger partial charge < -0.3 is 5.11 Å². The van der Waals surface area contributed by atoms with E-state index in [0.29, 0.717) is 30.2 Å². The fourth-order valence-electron chi connectivity index (χ4n) is 3.45. The maximum Gasteiger partial charge on any atom is 0.358 e. The number of carboxylic acid groups (broad SMARTS) is 1. The lowest BCUT2D eigenvalue weighted by Crippen LogP contribution is -2.25. The molecule has 0 aromatic carbocycles. The Labute approximate surface area is 120 Å². The lowest BCUT2D eigenvalue weighted by atomic mass is 9.80. The van der Waals surface area contributed by atoms with Crippen molar-refractivity contribution in [1.82, 2.24) is 15.0 Å². The minimum atomic E-state index is -0.969. The third-order valence-electron chi connectivity index (χ3n) is 4.09. The van der Waals surface area contributed by atoms with Gasteiger partial charge in [0.2, 0.25) is 0 Å². The second-order valence-electron chi connectivity index (χ2n) is 6.80. The number of nitrogens with zero attached hydrogens (tertiary/aromatic N) is 3. The van der Waals surface area contributed by atoms with Crippen LogP contribution in [0.15, 0.2) is 0 Å². The van der Waals surface area contributed by atoms with Gasteiger partial charge in [-0.15, -0.1) is 5.10 Å². The molecule has 1 saturated carbocycles. The van der Waals surface area contributed by atoms with Gasteiger partial charge in [0.1, 0.15) is 0 Å². The fourth-order valence-corrected chi connectivity index (χ4v) is 3.45. The van der Waals surface area contributed by atoms with E-state index in [1.54, 1.807) is 0 Å². The molecule has 0 radical (unpaired) electrons. The Balaban J connectivity index is 2.32. The maximum atomic E-state index is 11.3. The molecule has 2 unspecified atom stereocenters. The van der Waals surface area contributed by atoms with Crippen molar-refractivity contribution in [1.29, 1.82) is 0 Å². The number of carboxylic acids is 1. The van der Waals surface area contributed by atoms with Gasteiger partial charge in [0, 0.05) is 0 Å². The zero-order valence-electron chi connectivity index (χ0n) is 12.8. The molecular weight excluding hydrogens is 254 g/mol. The number of aromatic carboxylic acids is 1. The molecule has 0 amide bonds. The summed E-state index contributed by atoms with van der Waals surface area (Å²) in [5.41, 5.74) is 0.920. The summed E-state index contributed by atoms with van der Waals surface area (Å²) in [6.07, 6.45) is 4.10. The van der Waals surface area contributed by atoms with E-state index in [1.165, 1.54) is 6.42 Å². The van der Waals surface area contributed by atoms with Gasteiger partial charge in [0.05, 0.1) is 11.7 Å². The number of aromatic nitrogens is 3. The molecule has 1 fully saturated rings. The van der Waals surface area contributed by atoms with Crippen molar-refractivity contribution in [2.45, 2.75) is 59.4 Å². The molecule has 0 spiro atoms. The van der Waals surface area contributed by atoms with Crippen LogP contribution in [0.2, 0.25) is 0 Å². The van der Waals surface area contributed by atoms with Gasteiger partial charge in [-0.05, 0) is 43.4 Å². The molecule has 5 nitrogen and oxygen atoms in total. The number of hydrogen-bond acceptors (Lipinski definition) is 3. The Hall–Kier alpha value is -1.39. The van der Waals surface area contributed by atoms with E-state index in [-0.39, 0.29) is 5.69 Å². The van der Waals surface area contributed by atoms with E-state index in [1.807, 2.05) is 4.68 Å². The van der Waals surface area contributed by atoms with Crippen LogP contribution in [-0.4, -0.2) is 26.1 Å². The van der Waals surface area contributed by atoms with E-state index >= 15 is 0 Å². The van der Waals surface area contributed by atoms with Crippen molar-refractivity contribution in [3.63, 3.8) is 0 Å². The van der Waals surface area contributed by atoms with Crippen molar-refractivity contribution >= 4 is 5.97 Å². The molecule has 0 aliphatic heterocycles. The lowest BCUT2D eigenvalue weighted by molar-refractivity contribution is 0.0689. The van der Waals surface area contributed by atoms with Crippen molar-refractivity contribution in [3.8, 4) is 0 Å². The summed E-state index contributed by atoms with van der Waals surface area (Å²) in [6, 6.07) is 0.295. The summed E-state index contributed by atoms with van der Waals surface area (Å²) in [7, 11) is 0. The summed E-state index contributed by atoms with van der Waals surface area (Å²) in [5.74, 6) is 0.744. The number of carbonyl (C=O) groups is 1. The van der Waals surface area contributed by atoms with E-state index < -0.39 is 5.97 Å². The molecule has 0 saturated heterocycles. The zero-order chi connectivity index (χ0) is 14.9. The first-order valence-electron chi connectivity index (χ1n) is 7.55. The summed E-state index contributed by atoms with van der Waals surface area (Å²) in [6.45, 7) is 8.71. The van der Waals surface area contributed by atoms with Crippen LogP contribution in [0.25, 0.3) is 0 Å². The summed E-state index contributed by atoms with van der Waals surface area (Å²) in [4.78, 5) is 11.3. The van der Waals surface area contributed by atoms with Crippen LogP contribution >= 0.6 is 0 Å². The first kappa shape index (κ1) is 15.0. The fraction of sp³-hybridized carbons (Fsp3) is 0.800. The van der Waals surface area contributed by atoms with Gasteiger partial charge in [-0.25, -0.2) is 9.48 Å². The minimum Gasteiger partial charge on any atom is -0.476 e. The second-order valence-corrected chi connectivity index (χ2v) is 6.80. The molecule has 1 aromatic rings. The Kier molecular flexibility index (Phi) is 4.45. The van der Waals surface area contributed by atoms with Crippen LogP contribution in [0.5, 0.6) is 0 Å². The van der Waals surface area contributed by atoms with E-state index in [4.69, 9.17) is 0 Å². The van der Waals surface area contributed by atoms with Gasteiger partial charge in [-0.3, -0.25) is 0 Å². The Morgan fingerprint density at radius 3 is 2.40 bits per heavy atom. The van der Waals surface area contributed by atoms with Crippen LogP contribution in [0, 0.1) is 17.8 Å². The molecule has 1 aliphatic carbocycles. The highest BCUT2D eigenvalue weighted by molar-refractivity contribution is 5.86. The predicted molar refractivity (Wildman–Crippen MR) is 76.7 cm³/mol. The third-order valence-corrected chi connectivity index (χ3v) is 4.09. The Bertz CT molecular complexity index is 471. The van der Waals surface area contributed by atoms with Crippen molar-refractivity contribution < 1.29 is 9.90 Å². The number of rotatable bonds is 4. The predicted octanol–water partition coefficient (Wildman–Crippen LogP) is 3.17. The molecule has 0 bridgehead atoms. The van der Waals surface area contributed by atoms with Gasteiger partial charge in [0.15, 0.2) is 5.69 Å². The topological polar surface area (TPSA) is 68.0 Å². The zero-order valence-corrected chi connectivity index (χ0v) is 12.8. The summed E-state index contributed by atoms with van der Waals surface area (Å²) >= 11 is 0. The second kappa shape index (κ2) is 5.94. The molecule has 1 aromatic heterocycles. The lowest BCUT2D eigenvalue weighted by Gasteiger charge is -2.32. The molecule has 1 aliphatic rings. The SMILES string of the molecule is CC(C)Cc1c(C(=O)O)nnn1C1CC(C)CC(C)C1. The largest absolute Gasteiger partial charge is 0.476 e. The number of hydrogen-bond donors (Lipinski definition) is 1. The quantitative estimate of drug-likeness (QED) is 0.919. The van der Waals surface area contributed by atoms with E-state index in [2.05, 4.69) is 38.0 Å². The molecule has 5 heteroatoms. The van der Waals surface area contributed by atoms with Crippen LogP contribution in [0.1, 0.15) is 69.2 Å². The van der Waals surface area contributed by atoms with Crippen LogP contribution in [-0.2, 0) is 6.42 Å². The van der Waals surface area contributed by atoms with E-state index in [0.717, 1.165) is 18.5 Å². The average Bonchev–Trinajstić information content (AvgIpc) is 2.70. The minimum absolute atomic E-state index is 0.129. The van der Waals surface area contributed by atoms with Gasteiger partial charge in [-0.1, -0.05) is 32.9 Å².